The van der Waals surface area contributed by atoms with Gasteiger partial charge < -0.3 is 14.8 Å². The molecule has 1 aliphatic heterocycles. The lowest BCUT2D eigenvalue weighted by molar-refractivity contribution is 0.110. The summed E-state index contributed by atoms with van der Waals surface area (Å²) >= 11 is 0. The molecule has 3 unspecified atom stereocenters. The molecule has 0 aromatic heterocycles. The van der Waals surface area contributed by atoms with E-state index in [1.165, 1.54) is 5.56 Å². The first-order chi connectivity index (χ1) is 11.8. The fourth-order valence-corrected chi connectivity index (χ4v) is 3.24. The van der Waals surface area contributed by atoms with Crippen LogP contribution in [0.4, 0.5) is 0 Å². The van der Waals surface area contributed by atoms with Crippen LogP contribution >= 0.6 is 0 Å². The summed E-state index contributed by atoms with van der Waals surface area (Å²) in [5, 5.41) is 3.79. The van der Waals surface area contributed by atoms with E-state index in [0.717, 1.165) is 37.4 Å². The first-order valence-electron chi connectivity index (χ1n) is 8.96. The van der Waals surface area contributed by atoms with Crippen molar-refractivity contribution in [2.24, 2.45) is 0 Å². The van der Waals surface area contributed by atoms with Gasteiger partial charge in [0.2, 0.25) is 0 Å². The van der Waals surface area contributed by atoms with Crippen LogP contribution in [-0.4, -0.2) is 18.8 Å². The second kappa shape index (κ2) is 8.32. The van der Waals surface area contributed by atoms with Crippen LogP contribution in [0.15, 0.2) is 54.6 Å². The van der Waals surface area contributed by atoms with Gasteiger partial charge in [0.05, 0.1) is 6.10 Å². The van der Waals surface area contributed by atoms with Gasteiger partial charge in [-0.05, 0) is 49.6 Å². The summed E-state index contributed by atoms with van der Waals surface area (Å²) in [5.41, 5.74) is 1.32. The summed E-state index contributed by atoms with van der Waals surface area (Å²) in [7, 11) is 0. The van der Waals surface area contributed by atoms with Crippen molar-refractivity contribution in [2.75, 3.05) is 6.61 Å². The van der Waals surface area contributed by atoms with Gasteiger partial charge in [-0.25, -0.2) is 0 Å². The van der Waals surface area contributed by atoms with Crippen molar-refractivity contribution < 1.29 is 9.47 Å². The SMILES string of the molecule is CCCC(NC1CCOC1C)c1ccc(Oc2ccccc2)cc1. The third-order valence-electron chi connectivity index (χ3n) is 4.63. The Hall–Kier alpha value is -1.84. The minimum absolute atomic E-state index is 0.296. The number of ether oxygens (including phenoxy) is 2. The average Bonchev–Trinajstić information content (AvgIpc) is 3.01. The van der Waals surface area contributed by atoms with Crippen molar-refractivity contribution >= 4 is 0 Å². The van der Waals surface area contributed by atoms with Gasteiger partial charge in [-0.2, -0.15) is 0 Å². The third kappa shape index (κ3) is 4.37. The molecule has 1 heterocycles. The zero-order valence-corrected chi connectivity index (χ0v) is 14.6. The highest BCUT2D eigenvalue weighted by Gasteiger charge is 2.26. The first-order valence-corrected chi connectivity index (χ1v) is 8.96. The summed E-state index contributed by atoms with van der Waals surface area (Å²) in [6.07, 6.45) is 3.67. The van der Waals surface area contributed by atoms with E-state index in [9.17, 15) is 0 Å². The van der Waals surface area contributed by atoms with Crippen LogP contribution in [-0.2, 0) is 4.74 Å². The Labute approximate surface area is 145 Å². The van der Waals surface area contributed by atoms with Crippen molar-refractivity contribution in [3.05, 3.63) is 60.2 Å². The smallest absolute Gasteiger partial charge is 0.127 e. The molecule has 128 valence electrons. The molecule has 1 saturated heterocycles. The van der Waals surface area contributed by atoms with Gasteiger partial charge in [-0.15, -0.1) is 0 Å². The van der Waals surface area contributed by atoms with Crippen molar-refractivity contribution in [1.82, 2.24) is 5.32 Å². The van der Waals surface area contributed by atoms with Gasteiger partial charge in [0.1, 0.15) is 11.5 Å². The van der Waals surface area contributed by atoms with Gasteiger partial charge >= 0.3 is 0 Å². The van der Waals surface area contributed by atoms with Gasteiger partial charge in [0.15, 0.2) is 0 Å². The quantitative estimate of drug-likeness (QED) is 0.769. The van der Waals surface area contributed by atoms with E-state index in [2.05, 4.69) is 43.4 Å². The van der Waals surface area contributed by atoms with E-state index in [1.54, 1.807) is 0 Å². The maximum absolute atomic E-state index is 5.88. The topological polar surface area (TPSA) is 30.5 Å². The average molecular weight is 325 g/mol. The molecule has 3 heteroatoms. The lowest BCUT2D eigenvalue weighted by Crippen LogP contribution is -2.37. The molecule has 0 spiro atoms. The lowest BCUT2D eigenvalue weighted by Gasteiger charge is -2.25. The highest BCUT2D eigenvalue weighted by molar-refractivity contribution is 5.34. The largest absolute Gasteiger partial charge is 0.457 e. The van der Waals surface area contributed by atoms with Gasteiger partial charge in [0, 0.05) is 18.7 Å². The predicted octanol–water partition coefficient (Wildman–Crippen LogP) is 5.09. The molecule has 1 aliphatic rings. The Kier molecular flexibility index (Phi) is 5.89. The first kappa shape index (κ1) is 17.0. The predicted molar refractivity (Wildman–Crippen MR) is 97.6 cm³/mol. The van der Waals surface area contributed by atoms with Crippen LogP contribution in [0.3, 0.4) is 0 Å². The van der Waals surface area contributed by atoms with E-state index in [4.69, 9.17) is 9.47 Å². The van der Waals surface area contributed by atoms with Crippen molar-refractivity contribution in [3.63, 3.8) is 0 Å². The van der Waals surface area contributed by atoms with E-state index in [1.807, 2.05) is 30.3 Å². The summed E-state index contributed by atoms with van der Waals surface area (Å²) < 4.78 is 11.6. The molecule has 0 radical (unpaired) electrons. The lowest BCUT2D eigenvalue weighted by atomic mass is 10.00. The highest BCUT2D eigenvalue weighted by atomic mass is 16.5. The molecule has 1 N–H and O–H groups in total. The zero-order chi connectivity index (χ0) is 16.8. The van der Waals surface area contributed by atoms with Crippen LogP contribution in [0.2, 0.25) is 0 Å². The molecule has 3 rings (SSSR count). The fourth-order valence-electron chi connectivity index (χ4n) is 3.24. The second-order valence-corrected chi connectivity index (χ2v) is 6.46. The molecule has 3 nitrogen and oxygen atoms in total. The maximum atomic E-state index is 5.88. The Morgan fingerprint density at radius 1 is 1.08 bits per heavy atom. The van der Waals surface area contributed by atoms with Crippen molar-refractivity contribution in [1.29, 1.82) is 0 Å². The minimum Gasteiger partial charge on any atom is -0.457 e. The molecule has 24 heavy (non-hydrogen) atoms. The highest BCUT2D eigenvalue weighted by Crippen LogP contribution is 2.27. The maximum Gasteiger partial charge on any atom is 0.127 e. The Balaban J connectivity index is 1.67. The summed E-state index contributed by atoms with van der Waals surface area (Å²) in [5.74, 6) is 1.74. The van der Waals surface area contributed by atoms with E-state index < -0.39 is 0 Å². The van der Waals surface area contributed by atoms with E-state index in [-0.39, 0.29) is 0 Å². The zero-order valence-electron chi connectivity index (χ0n) is 14.6. The molecule has 0 saturated carbocycles. The fraction of sp³-hybridized carbons (Fsp3) is 0.429. The van der Waals surface area contributed by atoms with E-state index in [0.29, 0.717) is 18.2 Å². The monoisotopic (exact) mass is 325 g/mol. The van der Waals surface area contributed by atoms with Crippen LogP contribution < -0.4 is 10.1 Å². The summed E-state index contributed by atoms with van der Waals surface area (Å²) in [4.78, 5) is 0. The normalized spacial score (nSPS) is 21.6. The van der Waals surface area contributed by atoms with Gasteiger partial charge in [-0.3, -0.25) is 0 Å². The Bertz CT molecular complexity index is 611. The molecule has 0 amide bonds. The molecule has 1 fully saturated rings. The van der Waals surface area contributed by atoms with Crippen LogP contribution in [0.1, 0.15) is 44.7 Å². The van der Waals surface area contributed by atoms with Crippen LogP contribution in [0.5, 0.6) is 11.5 Å². The number of benzene rings is 2. The summed E-state index contributed by atoms with van der Waals surface area (Å²) in [6, 6.07) is 19.2. The van der Waals surface area contributed by atoms with Crippen molar-refractivity contribution in [3.8, 4) is 11.5 Å². The molecular weight excluding hydrogens is 298 g/mol. The van der Waals surface area contributed by atoms with Crippen LogP contribution in [0, 0.1) is 0 Å². The van der Waals surface area contributed by atoms with E-state index >= 15 is 0 Å². The third-order valence-corrected chi connectivity index (χ3v) is 4.63. The molecule has 2 aromatic rings. The minimum atomic E-state index is 0.296. The number of hydrogen-bond acceptors (Lipinski definition) is 3. The standard InChI is InChI=1S/C21H27NO2/c1-3-7-21(22-20-14-15-23-16(20)2)17-10-12-19(13-11-17)24-18-8-5-4-6-9-18/h4-6,8-13,16,20-22H,3,7,14-15H2,1-2H3. The molecular formula is C21H27NO2. The van der Waals surface area contributed by atoms with Gasteiger partial charge in [0.25, 0.3) is 0 Å². The van der Waals surface area contributed by atoms with Gasteiger partial charge in [-0.1, -0.05) is 43.7 Å². The molecule has 0 aliphatic carbocycles. The number of nitrogens with one attached hydrogen (secondary N) is 1. The Morgan fingerprint density at radius 2 is 1.79 bits per heavy atom. The molecule has 2 aromatic carbocycles. The molecule has 0 bridgehead atoms. The van der Waals surface area contributed by atoms with Crippen LogP contribution in [0.25, 0.3) is 0 Å². The number of rotatable bonds is 7. The van der Waals surface area contributed by atoms with Crippen molar-refractivity contribution in [2.45, 2.75) is 51.3 Å². The number of para-hydroxylation sites is 1. The molecule has 3 atom stereocenters. The number of hydrogen-bond donors (Lipinski definition) is 1. The summed E-state index contributed by atoms with van der Waals surface area (Å²) in [6.45, 7) is 5.25. The Morgan fingerprint density at radius 3 is 2.42 bits per heavy atom. The second-order valence-electron chi connectivity index (χ2n) is 6.46.